The molecule has 0 spiro atoms. The summed E-state index contributed by atoms with van der Waals surface area (Å²) in [5, 5.41) is 3.47. The molecule has 2 heterocycles. The van der Waals surface area contributed by atoms with Gasteiger partial charge in [-0.15, -0.1) is 11.3 Å². The van der Waals surface area contributed by atoms with E-state index in [9.17, 15) is 4.39 Å². The number of thiophene rings is 1. The highest BCUT2D eigenvalue weighted by Gasteiger charge is 2.23. The number of ether oxygens (including phenoxy) is 1. The largest absolute Gasteiger partial charge is 0.488 e. The summed E-state index contributed by atoms with van der Waals surface area (Å²) in [6.07, 6.45) is 4.74. The van der Waals surface area contributed by atoms with E-state index in [-0.39, 0.29) is 11.9 Å². The Kier molecular flexibility index (Phi) is 3.43. The zero-order chi connectivity index (χ0) is 14.2. The van der Waals surface area contributed by atoms with Crippen LogP contribution in [0, 0.1) is 5.82 Å². The fourth-order valence-corrected chi connectivity index (χ4v) is 4.47. The predicted molar refractivity (Wildman–Crippen MR) is 82.6 cm³/mol. The average Bonchev–Trinajstić information content (AvgIpc) is 3.11. The van der Waals surface area contributed by atoms with Crippen LogP contribution in [0.25, 0.3) is 0 Å². The molecule has 4 heteroatoms. The third-order valence-corrected chi connectivity index (χ3v) is 5.47. The molecule has 2 aromatic rings. The summed E-state index contributed by atoms with van der Waals surface area (Å²) in [4.78, 5) is 2.99. The SMILES string of the molecule is Fc1ccc2c(c1)CC(CNCc1cc3c(s1)CCC3)O2. The molecule has 1 aromatic heterocycles. The van der Waals surface area contributed by atoms with E-state index in [1.165, 1.54) is 30.2 Å². The molecule has 21 heavy (non-hydrogen) atoms. The molecular formula is C17H18FNOS. The summed E-state index contributed by atoms with van der Waals surface area (Å²) in [7, 11) is 0. The topological polar surface area (TPSA) is 21.3 Å². The van der Waals surface area contributed by atoms with Crippen molar-refractivity contribution in [1.29, 1.82) is 0 Å². The summed E-state index contributed by atoms with van der Waals surface area (Å²) < 4.78 is 19.0. The fourth-order valence-electron chi connectivity index (χ4n) is 3.24. The van der Waals surface area contributed by atoms with E-state index in [0.29, 0.717) is 0 Å². The maximum atomic E-state index is 13.2. The van der Waals surface area contributed by atoms with Crippen LogP contribution in [0.4, 0.5) is 4.39 Å². The zero-order valence-corrected chi connectivity index (χ0v) is 12.6. The van der Waals surface area contributed by atoms with Gasteiger partial charge in [0.25, 0.3) is 0 Å². The van der Waals surface area contributed by atoms with Gasteiger partial charge in [0.05, 0.1) is 0 Å². The molecular weight excluding hydrogens is 285 g/mol. The van der Waals surface area contributed by atoms with E-state index in [4.69, 9.17) is 4.74 Å². The first kappa shape index (κ1) is 13.3. The molecule has 1 aliphatic heterocycles. The van der Waals surface area contributed by atoms with Crippen molar-refractivity contribution in [2.75, 3.05) is 6.54 Å². The van der Waals surface area contributed by atoms with Crippen LogP contribution in [0.15, 0.2) is 24.3 Å². The lowest BCUT2D eigenvalue weighted by molar-refractivity contribution is 0.227. The fraction of sp³-hybridized carbons (Fsp3) is 0.412. The Labute approximate surface area is 128 Å². The maximum absolute atomic E-state index is 13.2. The Morgan fingerprint density at radius 3 is 3.10 bits per heavy atom. The zero-order valence-electron chi connectivity index (χ0n) is 11.8. The smallest absolute Gasteiger partial charge is 0.123 e. The van der Waals surface area contributed by atoms with Crippen molar-refractivity contribution in [3.63, 3.8) is 0 Å². The van der Waals surface area contributed by atoms with Crippen LogP contribution in [0.3, 0.4) is 0 Å². The molecule has 0 bridgehead atoms. The number of hydrogen-bond donors (Lipinski definition) is 1. The lowest BCUT2D eigenvalue weighted by Crippen LogP contribution is -2.29. The van der Waals surface area contributed by atoms with Crippen molar-refractivity contribution < 1.29 is 9.13 Å². The van der Waals surface area contributed by atoms with Crippen LogP contribution >= 0.6 is 11.3 Å². The van der Waals surface area contributed by atoms with Crippen molar-refractivity contribution in [3.05, 3.63) is 51.0 Å². The van der Waals surface area contributed by atoms with Crippen molar-refractivity contribution >= 4 is 11.3 Å². The van der Waals surface area contributed by atoms with Gasteiger partial charge in [0, 0.05) is 34.8 Å². The van der Waals surface area contributed by atoms with Gasteiger partial charge in [0.2, 0.25) is 0 Å². The van der Waals surface area contributed by atoms with E-state index >= 15 is 0 Å². The average molecular weight is 303 g/mol. The predicted octanol–water partition coefficient (Wildman–Crippen LogP) is 3.47. The molecule has 0 amide bonds. The standard InChI is InChI=1S/C17H18FNOS/c18-13-4-5-16-12(6-13)7-14(20-16)9-19-10-15-8-11-2-1-3-17(11)21-15/h4-6,8,14,19H,1-3,7,9-10H2. The number of benzene rings is 1. The number of halogens is 1. The van der Waals surface area contributed by atoms with E-state index < -0.39 is 0 Å². The molecule has 0 saturated carbocycles. The van der Waals surface area contributed by atoms with Gasteiger partial charge in [-0.2, -0.15) is 0 Å². The Morgan fingerprint density at radius 2 is 2.19 bits per heavy atom. The monoisotopic (exact) mass is 303 g/mol. The summed E-state index contributed by atoms with van der Waals surface area (Å²) in [5.74, 6) is 0.650. The highest BCUT2D eigenvalue weighted by molar-refractivity contribution is 7.12. The lowest BCUT2D eigenvalue weighted by Gasteiger charge is -2.11. The van der Waals surface area contributed by atoms with E-state index in [0.717, 1.165) is 30.8 Å². The van der Waals surface area contributed by atoms with Crippen LogP contribution in [0.2, 0.25) is 0 Å². The van der Waals surface area contributed by atoms with Gasteiger partial charge >= 0.3 is 0 Å². The Balaban J connectivity index is 1.30. The number of nitrogens with one attached hydrogen (secondary N) is 1. The first-order valence-corrected chi connectivity index (χ1v) is 8.36. The third kappa shape index (κ3) is 2.70. The molecule has 1 atom stereocenters. The van der Waals surface area contributed by atoms with Crippen LogP contribution in [0.5, 0.6) is 5.75 Å². The summed E-state index contributed by atoms with van der Waals surface area (Å²) in [5.41, 5.74) is 2.54. The second-order valence-corrected chi connectivity index (χ2v) is 7.06. The molecule has 1 unspecified atom stereocenters. The lowest BCUT2D eigenvalue weighted by atomic mass is 10.1. The molecule has 110 valence electrons. The van der Waals surface area contributed by atoms with Gasteiger partial charge in [-0.05, 0) is 49.1 Å². The number of fused-ring (bicyclic) bond motifs is 2. The van der Waals surface area contributed by atoms with E-state index in [2.05, 4.69) is 11.4 Å². The first-order valence-electron chi connectivity index (χ1n) is 7.54. The molecule has 4 rings (SSSR count). The Hall–Kier alpha value is -1.39. The van der Waals surface area contributed by atoms with Crippen molar-refractivity contribution in [1.82, 2.24) is 5.32 Å². The molecule has 0 radical (unpaired) electrons. The molecule has 0 fully saturated rings. The van der Waals surface area contributed by atoms with Gasteiger partial charge < -0.3 is 10.1 Å². The summed E-state index contributed by atoms with van der Waals surface area (Å²) in [6.45, 7) is 1.71. The third-order valence-electron chi connectivity index (χ3n) is 4.23. The van der Waals surface area contributed by atoms with Crippen LogP contribution in [-0.4, -0.2) is 12.6 Å². The summed E-state index contributed by atoms with van der Waals surface area (Å²) in [6, 6.07) is 7.12. The van der Waals surface area contributed by atoms with Crippen LogP contribution < -0.4 is 10.1 Å². The molecule has 2 aliphatic rings. The molecule has 1 aromatic carbocycles. The first-order chi connectivity index (χ1) is 10.3. The van der Waals surface area contributed by atoms with Crippen molar-refractivity contribution in [3.8, 4) is 5.75 Å². The minimum atomic E-state index is -0.181. The van der Waals surface area contributed by atoms with E-state index in [1.54, 1.807) is 22.6 Å². The quantitative estimate of drug-likeness (QED) is 0.934. The molecule has 0 saturated heterocycles. The minimum Gasteiger partial charge on any atom is -0.488 e. The van der Waals surface area contributed by atoms with Crippen LogP contribution in [0.1, 0.15) is 27.3 Å². The van der Waals surface area contributed by atoms with Crippen LogP contribution in [-0.2, 0) is 25.8 Å². The number of aryl methyl sites for hydroxylation is 2. The highest BCUT2D eigenvalue weighted by atomic mass is 32.1. The Morgan fingerprint density at radius 1 is 1.24 bits per heavy atom. The second kappa shape index (κ2) is 5.43. The Bertz CT molecular complexity index is 645. The number of hydrogen-bond acceptors (Lipinski definition) is 3. The number of rotatable bonds is 4. The van der Waals surface area contributed by atoms with Gasteiger partial charge in [-0.3, -0.25) is 0 Å². The molecule has 2 nitrogen and oxygen atoms in total. The van der Waals surface area contributed by atoms with Crippen molar-refractivity contribution in [2.45, 2.75) is 38.3 Å². The van der Waals surface area contributed by atoms with Gasteiger partial charge in [-0.25, -0.2) is 4.39 Å². The second-order valence-electron chi connectivity index (χ2n) is 5.84. The normalized spacial score (nSPS) is 19.4. The van der Waals surface area contributed by atoms with Crippen molar-refractivity contribution in [2.24, 2.45) is 0 Å². The molecule has 1 aliphatic carbocycles. The molecule has 1 N–H and O–H groups in total. The highest BCUT2D eigenvalue weighted by Crippen LogP contribution is 2.31. The maximum Gasteiger partial charge on any atom is 0.123 e. The van der Waals surface area contributed by atoms with E-state index in [1.807, 2.05) is 11.3 Å². The minimum absolute atomic E-state index is 0.119. The van der Waals surface area contributed by atoms with Gasteiger partial charge in [0.15, 0.2) is 0 Å². The summed E-state index contributed by atoms with van der Waals surface area (Å²) >= 11 is 1.94. The van der Waals surface area contributed by atoms with Gasteiger partial charge in [0.1, 0.15) is 17.7 Å². The van der Waals surface area contributed by atoms with Gasteiger partial charge in [-0.1, -0.05) is 0 Å².